The largest absolute Gasteiger partial charge is 0.361 e. The van der Waals surface area contributed by atoms with Crippen LogP contribution in [0.1, 0.15) is 0 Å². The second-order valence-corrected chi connectivity index (χ2v) is 2.82. The number of rotatable bonds is 0. The Morgan fingerprint density at radius 1 is 0.769 bits per heavy atom. The van der Waals surface area contributed by atoms with E-state index in [1.54, 1.807) is 12.1 Å². The van der Waals surface area contributed by atoms with Crippen LogP contribution in [0.3, 0.4) is 0 Å². The van der Waals surface area contributed by atoms with E-state index in [-0.39, 0.29) is 0 Å². The molecule has 2 nitrogen and oxygen atoms in total. The highest BCUT2D eigenvalue weighted by atomic mass is 14.8. The van der Waals surface area contributed by atoms with E-state index in [9.17, 15) is 0 Å². The molecule has 0 aliphatic carbocycles. The van der Waals surface area contributed by atoms with Gasteiger partial charge >= 0.3 is 5.36 Å². The van der Waals surface area contributed by atoms with Crippen LogP contribution in [0.2, 0.25) is 0 Å². The highest BCUT2D eigenvalue weighted by molar-refractivity contribution is 5.81. The van der Waals surface area contributed by atoms with E-state index in [2.05, 4.69) is 4.79 Å². The lowest BCUT2D eigenvalue weighted by Gasteiger charge is -1.87. The Labute approximate surface area is 75.7 Å². The van der Waals surface area contributed by atoms with Crippen molar-refractivity contribution in [2.24, 2.45) is 0 Å². The molecule has 0 aromatic heterocycles. The minimum absolute atomic E-state index is 0.566. The summed E-state index contributed by atoms with van der Waals surface area (Å²) < 4.78 is 0. The minimum Gasteiger partial charge on any atom is -0.361 e. The van der Waals surface area contributed by atoms with Crippen LogP contribution in [0.15, 0.2) is 48.5 Å². The summed E-state index contributed by atoms with van der Waals surface area (Å²) in [6.07, 6.45) is 0. The second kappa shape index (κ2) is 3.21. The number of hydrogen-bond donors (Lipinski definition) is 0. The van der Waals surface area contributed by atoms with Crippen LogP contribution in [-0.4, -0.2) is 4.79 Å². The van der Waals surface area contributed by atoms with E-state index in [0.29, 0.717) is 5.36 Å². The third kappa shape index (κ3) is 1.48. The Bertz CT molecular complexity index is 484. The van der Waals surface area contributed by atoms with Gasteiger partial charge in [0.15, 0.2) is 0 Å². The summed E-state index contributed by atoms with van der Waals surface area (Å²) in [6.45, 7) is 0. The van der Waals surface area contributed by atoms with Crippen LogP contribution >= 0.6 is 0 Å². The van der Waals surface area contributed by atoms with Crippen molar-refractivity contribution in [3.8, 4) is 0 Å². The zero-order valence-corrected chi connectivity index (χ0v) is 7.01. The van der Waals surface area contributed by atoms with E-state index < -0.39 is 0 Å². The highest BCUT2D eigenvalue weighted by Crippen LogP contribution is 2.08. The molecule has 2 rings (SSSR count). The summed E-state index contributed by atoms with van der Waals surface area (Å²) in [5.41, 5.74) is 8.58. The SMILES string of the molecule is [N-]=[N+]=c1ccc2ccccc2cc1. The Kier molecular flexibility index (Phi) is 1.91. The molecule has 2 aromatic rings. The Balaban J connectivity index is 2.94. The summed E-state index contributed by atoms with van der Waals surface area (Å²) in [6, 6.07) is 15.4. The predicted octanol–water partition coefficient (Wildman–Crippen LogP) is 1.97. The van der Waals surface area contributed by atoms with Gasteiger partial charge in [-0.1, -0.05) is 24.3 Å². The molecule has 0 spiro atoms. The molecule has 2 aromatic carbocycles. The van der Waals surface area contributed by atoms with E-state index >= 15 is 0 Å². The number of nitrogens with zero attached hydrogens (tertiary/aromatic N) is 2. The van der Waals surface area contributed by atoms with E-state index in [1.807, 2.05) is 36.4 Å². The van der Waals surface area contributed by atoms with Crippen molar-refractivity contribution in [2.45, 2.75) is 0 Å². The molecule has 2 heteroatoms. The molecule has 0 bridgehead atoms. The van der Waals surface area contributed by atoms with Gasteiger partial charge in [-0.25, -0.2) is 0 Å². The standard InChI is InChI=1S/C11H8N2/c12-13-11-7-5-9-3-1-2-4-10(9)6-8-11/h1-8H. The topological polar surface area (TPSA) is 36.4 Å². The summed E-state index contributed by atoms with van der Waals surface area (Å²) >= 11 is 0. The van der Waals surface area contributed by atoms with E-state index in [0.717, 1.165) is 10.8 Å². The van der Waals surface area contributed by atoms with Gasteiger partial charge in [-0.2, -0.15) is 4.79 Å². The lowest BCUT2D eigenvalue weighted by molar-refractivity contribution is -0.0649. The smallest absolute Gasteiger partial charge is 0.315 e. The molecule has 0 unspecified atom stereocenters. The van der Waals surface area contributed by atoms with Gasteiger partial charge in [0, 0.05) is 12.1 Å². The van der Waals surface area contributed by atoms with Gasteiger partial charge in [0.1, 0.15) is 0 Å². The van der Waals surface area contributed by atoms with Crippen molar-refractivity contribution in [2.75, 3.05) is 0 Å². The molecule has 0 radical (unpaired) electrons. The van der Waals surface area contributed by atoms with Gasteiger partial charge in [-0.05, 0) is 22.9 Å². The van der Waals surface area contributed by atoms with Gasteiger partial charge in [0.25, 0.3) is 0 Å². The van der Waals surface area contributed by atoms with Gasteiger partial charge in [-0.15, -0.1) is 0 Å². The first-order valence-electron chi connectivity index (χ1n) is 4.07. The average molecular weight is 168 g/mol. The first-order chi connectivity index (χ1) is 6.40. The number of hydrogen-bond acceptors (Lipinski definition) is 0. The maximum atomic E-state index is 8.58. The molecular formula is C11H8N2. The predicted molar refractivity (Wildman–Crippen MR) is 50.7 cm³/mol. The molecule has 0 aliphatic rings. The summed E-state index contributed by atoms with van der Waals surface area (Å²) in [4.78, 5) is 3.13. The molecule has 0 amide bonds. The Morgan fingerprint density at radius 3 is 1.77 bits per heavy atom. The fraction of sp³-hybridized carbons (Fsp3) is 0. The first-order valence-corrected chi connectivity index (χ1v) is 4.07. The molecule has 62 valence electrons. The van der Waals surface area contributed by atoms with Gasteiger partial charge in [0.05, 0.1) is 0 Å². The van der Waals surface area contributed by atoms with Crippen LogP contribution in [0.5, 0.6) is 0 Å². The molecule has 0 N–H and O–H groups in total. The number of fused-ring (bicyclic) bond motifs is 1. The third-order valence-electron chi connectivity index (χ3n) is 1.98. The average Bonchev–Trinajstić information content (AvgIpc) is 2.39. The molecule has 0 atom stereocenters. The fourth-order valence-corrected chi connectivity index (χ4v) is 1.29. The quantitative estimate of drug-likeness (QED) is 0.426. The molecule has 0 aliphatic heterocycles. The highest BCUT2D eigenvalue weighted by Gasteiger charge is 1.89. The Hall–Kier alpha value is -1.92. The van der Waals surface area contributed by atoms with Crippen LogP contribution in [0, 0.1) is 0 Å². The zero-order chi connectivity index (χ0) is 9.10. The Morgan fingerprint density at radius 2 is 1.31 bits per heavy atom. The van der Waals surface area contributed by atoms with Crippen LogP contribution in [0.4, 0.5) is 0 Å². The van der Waals surface area contributed by atoms with Crippen molar-refractivity contribution in [3.63, 3.8) is 0 Å². The lowest BCUT2D eigenvalue weighted by atomic mass is 10.2. The van der Waals surface area contributed by atoms with Gasteiger partial charge < -0.3 is 5.53 Å². The van der Waals surface area contributed by atoms with Crippen LogP contribution in [0.25, 0.3) is 16.3 Å². The zero-order valence-electron chi connectivity index (χ0n) is 7.01. The van der Waals surface area contributed by atoms with Crippen molar-refractivity contribution in [1.82, 2.24) is 0 Å². The van der Waals surface area contributed by atoms with Crippen LogP contribution < -0.4 is 5.36 Å². The van der Waals surface area contributed by atoms with Crippen molar-refractivity contribution in [1.29, 1.82) is 0 Å². The molecule has 0 saturated carbocycles. The monoisotopic (exact) mass is 168 g/mol. The fourth-order valence-electron chi connectivity index (χ4n) is 1.29. The van der Waals surface area contributed by atoms with Crippen molar-refractivity contribution in [3.05, 3.63) is 59.4 Å². The number of benzene rings is 1. The van der Waals surface area contributed by atoms with Crippen LogP contribution in [-0.2, 0) is 0 Å². The second-order valence-electron chi connectivity index (χ2n) is 2.82. The van der Waals surface area contributed by atoms with Gasteiger partial charge in [-0.3, -0.25) is 0 Å². The molecule has 13 heavy (non-hydrogen) atoms. The third-order valence-corrected chi connectivity index (χ3v) is 1.98. The van der Waals surface area contributed by atoms with E-state index in [4.69, 9.17) is 5.53 Å². The van der Waals surface area contributed by atoms with E-state index in [1.165, 1.54) is 0 Å². The molecule has 0 fully saturated rings. The lowest BCUT2D eigenvalue weighted by Crippen LogP contribution is -1.94. The normalized spacial score (nSPS) is 9.54. The maximum absolute atomic E-state index is 8.58. The van der Waals surface area contributed by atoms with Gasteiger partial charge in [0.2, 0.25) is 0 Å². The summed E-state index contributed by atoms with van der Waals surface area (Å²) in [5, 5.41) is 2.84. The van der Waals surface area contributed by atoms with Crippen molar-refractivity contribution >= 4 is 10.8 Å². The van der Waals surface area contributed by atoms with Crippen molar-refractivity contribution < 1.29 is 4.79 Å². The minimum atomic E-state index is 0.566. The summed E-state index contributed by atoms with van der Waals surface area (Å²) in [5.74, 6) is 0. The molecular weight excluding hydrogens is 160 g/mol. The maximum Gasteiger partial charge on any atom is 0.315 e. The molecule has 0 heterocycles. The first kappa shape index (κ1) is 7.71. The molecule has 0 saturated heterocycles. The summed E-state index contributed by atoms with van der Waals surface area (Å²) in [7, 11) is 0.